The van der Waals surface area contributed by atoms with Crippen LogP contribution in [0.15, 0.2) is 30.3 Å². The van der Waals surface area contributed by atoms with Crippen molar-refractivity contribution in [3.63, 3.8) is 0 Å². The van der Waals surface area contributed by atoms with E-state index in [4.69, 9.17) is 0 Å². The minimum absolute atomic E-state index is 0.116. The standard InChI is InChI=1S/C15H24N2O/c1-12(2)17-15(18)9-10-16-11-13(3)14-7-5-4-6-8-14/h4-8,12-13,16H,9-11H2,1-3H3,(H,17,18). The lowest BCUT2D eigenvalue weighted by Crippen LogP contribution is -2.33. The van der Waals surface area contributed by atoms with Gasteiger partial charge in [0.05, 0.1) is 0 Å². The maximum absolute atomic E-state index is 11.4. The van der Waals surface area contributed by atoms with Gasteiger partial charge in [-0.25, -0.2) is 0 Å². The van der Waals surface area contributed by atoms with Crippen molar-refractivity contribution in [2.24, 2.45) is 0 Å². The van der Waals surface area contributed by atoms with Gasteiger partial charge in [-0.3, -0.25) is 4.79 Å². The molecule has 0 heterocycles. The van der Waals surface area contributed by atoms with Gasteiger partial charge < -0.3 is 10.6 Å². The van der Waals surface area contributed by atoms with Crippen molar-refractivity contribution in [2.75, 3.05) is 13.1 Å². The van der Waals surface area contributed by atoms with Crippen LogP contribution in [0.1, 0.15) is 38.7 Å². The average Bonchev–Trinajstić information content (AvgIpc) is 2.34. The van der Waals surface area contributed by atoms with E-state index < -0.39 is 0 Å². The Labute approximate surface area is 110 Å². The van der Waals surface area contributed by atoms with Crippen LogP contribution in [0.3, 0.4) is 0 Å². The molecule has 18 heavy (non-hydrogen) atoms. The first kappa shape index (κ1) is 14.7. The highest BCUT2D eigenvalue weighted by molar-refractivity contribution is 5.76. The molecule has 3 nitrogen and oxygen atoms in total. The molecular formula is C15H24N2O. The van der Waals surface area contributed by atoms with Gasteiger partial charge in [-0.15, -0.1) is 0 Å². The summed E-state index contributed by atoms with van der Waals surface area (Å²) < 4.78 is 0. The fourth-order valence-corrected chi connectivity index (χ4v) is 1.81. The van der Waals surface area contributed by atoms with Crippen molar-refractivity contribution in [1.29, 1.82) is 0 Å². The maximum Gasteiger partial charge on any atom is 0.221 e. The Morgan fingerprint density at radius 2 is 1.83 bits per heavy atom. The van der Waals surface area contributed by atoms with E-state index >= 15 is 0 Å². The van der Waals surface area contributed by atoms with Crippen LogP contribution in [0.5, 0.6) is 0 Å². The van der Waals surface area contributed by atoms with Gasteiger partial charge in [0.15, 0.2) is 0 Å². The largest absolute Gasteiger partial charge is 0.354 e. The summed E-state index contributed by atoms with van der Waals surface area (Å²) >= 11 is 0. The zero-order valence-corrected chi connectivity index (χ0v) is 11.6. The summed E-state index contributed by atoms with van der Waals surface area (Å²) in [5.41, 5.74) is 1.33. The molecule has 0 aliphatic carbocycles. The molecule has 0 fully saturated rings. The summed E-state index contributed by atoms with van der Waals surface area (Å²) in [6, 6.07) is 10.6. The molecule has 1 unspecified atom stereocenters. The molecule has 0 aliphatic rings. The van der Waals surface area contributed by atoms with Crippen LogP contribution in [0.25, 0.3) is 0 Å². The third-order valence-electron chi connectivity index (χ3n) is 2.80. The van der Waals surface area contributed by atoms with Gasteiger partial charge in [0.2, 0.25) is 5.91 Å². The summed E-state index contributed by atoms with van der Waals surface area (Å²) in [4.78, 5) is 11.4. The minimum Gasteiger partial charge on any atom is -0.354 e. The highest BCUT2D eigenvalue weighted by atomic mass is 16.1. The molecular weight excluding hydrogens is 224 g/mol. The lowest BCUT2D eigenvalue weighted by atomic mass is 10.0. The van der Waals surface area contributed by atoms with Gasteiger partial charge >= 0.3 is 0 Å². The van der Waals surface area contributed by atoms with E-state index in [1.807, 2.05) is 19.9 Å². The Kier molecular flexibility index (Phi) is 6.44. The molecule has 100 valence electrons. The van der Waals surface area contributed by atoms with E-state index in [0.717, 1.165) is 13.1 Å². The molecule has 1 atom stereocenters. The highest BCUT2D eigenvalue weighted by Gasteiger charge is 2.05. The number of hydrogen-bond donors (Lipinski definition) is 2. The zero-order valence-electron chi connectivity index (χ0n) is 11.6. The first-order chi connectivity index (χ1) is 8.59. The number of nitrogens with one attached hydrogen (secondary N) is 2. The zero-order chi connectivity index (χ0) is 13.4. The molecule has 2 N–H and O–H groups in total. The molecule has 0 spiro atoms. The number of amides is 1. The second-order valence-electron chi connectivity index (χ2n) is 4.99. The van der Waals surface area contributed by atoms with E-state index in [-0.39, 0.29) is 11.9 Å². The van der Waals surface area contributed by atoms with Crippen LogP contribution < -0.4 is 10.6 Å². The molecule has 1 aromatic rings. The van der Waals surface area contributed by atoms with E-state index in [2.05, 4.69) is 41.8 Å². The summed E-state index contributed by atoms with van der Waals surface area (Å²) in [6.45, 7) is 7.77. The van der Waals surface area contributed by atoms with E-state index in [9.17, 15) is 4.79 Å². The van der Waals surface area contributed by atoms with Gasteiger partial charge in [0.25, 0.3) is 0 Å². The molecule has 1 aromatic carbocycles. The van der Waals surface area contributed by atoms with Gasteiger partial charge in [-0.2, -0.15) is 0 Å². The monoisotopic (exact) mass is 248 g/mol. The summed E-state index contributed by atoms with van der Waals surface area (Å²) in [5, 5.41) is 6.21. The molecule has 0 aromatic heterocycles. The first-order valence-corrected chi connectivity index (χ1v) is 6.64. The second kappa shape index (κ2) is 7.88. The third kappa shape index (κ3) is 5.82. The summed E-state index contributed by atoms with van der Waals surface area (Å²) in [5.74, 6) is 0.587. The second-order valence-corrected chi connectivity index (χ2v) is 4.99. The van der Waals surface area contributed by atoms with Gasteiger partial charge in [-0.05, 0) is 25.3 Å². The molecule has 1 amide bonds. The maximum atomic E-state index is 11.4. The quantitative estimate of drug-likeness (QED) is 0.727. The number of carbonyl (C=O) groups is 1. The van der Waals surface area contributed by atoms with Crippen molar-refractivity contribution in [3.05, 3.63) is 35.9 Å². The predicted molar refractivity (Wildman–Crippen MR) is 75.6 cm³/mol. The lowest BCUT2D eigenvalue weighted by molar-refractivity contribution is -0.121. The van der Waals surface area contributed by atoms with Gasteiger partial charge in [0, 0.05) is 25.6 Å². The average molecular weight is 248 g/mol. The van der Waals surface area contributed by atoms with Crippen molar-refractivity contribution < 1.29 is 4.79 Å². The summed E-state index contributed by atoms with van der Waals surface area (Å²) in [6.07, 6.45) is 0.541. The first-order valence-electron chi connectivity index (χ1n) is 6.64. The Hall–Kier alpha value is -1.35. The van der Waals surface area contributed by atoms with E-state index in [1.54, 1.807) is 0 Å². The molecule has 0 saturated heterocycles. The predicted octanol–water partition coefficient (Wildman–Crippen LogP) is 2.29. The van der Waals surface area contributed by atoms with Crippen molar-refractivity contribution >= 4 is 5.91 Å². The molecule has 0 saturated carbocycles. The minimum atomic E-state index is 0.116. The lowest BCUT2D eigenvalue weighted by Gasteiger charge is -2.13. The molecule has 0 radical (unpaired) electrons. The molecule has 1 rings (SSSR count). The molecule has 3 heteroatoms. The van der Waals surface area contributed by atoms with E-state index in [0.29, 0.717) is 12.3 Å². The van der Waals surface area contributed by atoms with Gasteiger partial charge in [0.1, 0.15) is 0 Å². The van der Waals surface area contributed by atoms with Crippen LogP contribution in [0.4, 0.5) is 0 Å². The topological polar surface area (TPSA) is 41.1 Å². The molecule has 0 aliphatic heterocycles. The number of rotatable bonds is 7. The Morgan fingerprint density at radius 3 is 2.44 bits per heavy atom. The summed E-state index contributed by atoms with van der Waals surface area (Å²) in [7, 11) is 0. The van der Waals surface area contributed by atoms with Crippen molar-refractivity contribution in [3.8, 4) is 0 Å². The van der Waals surface area contributed by atoms with Crippen LogP contribution in [0, 0.1) is 0 Å². The van der Waals surface area contributed by atoms with E-state index in [1.165, 1.54) is 5.56 Å². The van der Waals surface area contributed by atoms with Crippen LogP contribution in [0.2, 0.25) is 0 Å². The Morgan fingerprint density at radius 1 is 1.17 bits per heavy atom. The fourth-order valence-electron chi connectivity index (χ4n) is 1.81. The number of hydrogen-bond acceptors (Lipinski definition) is 2. The smallest absolute Gasteiger partial charge is 0.221 e. The van der Waals surface area contributed by atoms with Gasteiger partial charge in [-0.1, -0.05) is 37.3 Å². The molecule has 0 bridgehead atoms. The normalized spacial score (nSPS) is 12.4. The fraction of sp³-hybridized carbons (Fsp3) is 0.533. The number of benzene rings is 1. The SMILES string of the molecule is CC(C)NC(=O)CCNCC(C)c1ccccc1. The third-order valence-corrected chi connectivity index (χ3v) is 2.80. The van der Waals surface area contributed by atoms with Crippen LogP contribution >= 0.6 is 0 Å². The Bertz CT molecular complexity index is 349. The van der Waals surface area contributed by atoms with Crippen LogP contribution in [-0.2, 0) is 4.79 Å². The van der Waals surface area contributed by atoms with Crippen molar-refractivity contribution in [2.45, 2.75) is 39.2 Å². The number of carbonyl (C=O) groups excluding carboxylic acids is 1. The van der Waals surface area contributed by atoms with Crippen molar-refractivity contribution in [1.82, 2.24) is 10.6 Å². The Balaban J connectivity index is 2.17. The highest BCUT2D eigenvalue weighted by Crippen LogP contribution is 2.12. The van der Waals surface area contributed by atoms with Crippen LogP contribution in [-0.4, -0.2) is 25.0 Å².